The van der Waals surface area contributed by atoms with Crippen molar-refractivity contribution in [3.05, 3.63) is 72.5 Å². The molecule has 0 atom stereocenters. The lowest BCUT2D eigenvalue weighted by atomic mass is 10.2. The molecule has 0 radical (unpaired) electrons. The van der Waals surface area contributed by atoms with E-state index in [2.05, 4.69) is 63.1 Å². The average Bonchev–Trinajstić information content (AvgIpc) is 3.17. The fraction of sp³-hybridized carbons (Fsp3) is 0.333. The molecule has 142 valence electrons. The highest BCUT2D eigenvalue weighted by atomic mass is 16.3. The van der Waals surface area contributed by atoms with Gasteiger partial charge in [-0.2, -0.15) is 0 Å². The summed E-state index contributed by atoms with van der Waals surface area (Å²) in [5.41, 5.74) is 1.55. The molecule has 27 heavy (non-hydrogen) atoms. The molecule has 0 spiro atoms. The topological polar surface area (TPSA) is 61.6 Å². The van der Waals surface area contributed by atoms with Gasteiger partial charge in [-0.3, -0.25) is 14.6 Å². The Morgan fingerprint density at radius 3 is 2.67 bits per heavy atom. The second-order valence-electron chi connectivity index (χ2n) is 6.51. The maximum absolute atomic E-state index is 11.8. The van der Waals surface area contributed by atoms with Crippen molar-refractivity contribution in [1.29, 1.82) is 0 Å². The summed E-state index contributed by atoms with van der Waals surface area (Å²) in [6.07, 6.45) is 7.43. The van der Waals surface area contributed by atoms with Gasteiger partial charge in [0.15, 0.2) is 5.69 Å². The van der Waals surface area contributed by atoms with Crippen molar-refractivity contribution in [3.8, 4) is 0 Å². The maximum atomic E-state index is 11.8. The van der Waals surface area contributed by atoms with Crippen LogP contribution in [0, 0.1) is 0 Å². The van der Waals surface area contributed by atoms with Crippen molar-refractivity contribution >= 4 is 12.0 Å². The SMILES string of the molecule is C=CCNC(=O)c1coc(CN2CCN(C/C=C/c3ccccc3)CC2)n1. The minimum Gasteiger partial charge on any atom is -0.447 e. The Morgan fingerprint density at radius 2 is 1.93 bits per heavy atom. The lowest BCUT2D eigenvalue weighted by molar-refractivity contribution is 0.0953. The standard InChI is InChI=1S/C21H26N4O2/c1-2-10-22-21(26)19-17-27-20(23-19)16-25-14-12-24(13-15-25)11-6-9-18-7-4-3-5-8-18/h2-9,17H,1,10-16H2,(H,22,26)/b9-6+. The lowest BCUT2D eigenvalue weighted by Crippen LogP contribution is -2.45. The van der Waals surface area contributed by atoms with Gasteiger partial charge in [0.25, 0.3) is 5.91 Å². The van der Waals surface area contributed by atoms with Crippen molar-refractivity contribution in [1.82, 2.24) is 20.1 Å². The Hall–Kier alpha value is -2.70. The van der Waals surface area contributed by atoms with E-state index in [1.54, 1.807) is 6.08 Å². The molecule has 1 N–H and O–H groups in total. The number of hydrogen-bond donors (Lipinski definition) is 1. The summed E-state index contributed by atoms with van der Waals surface area (Å²) in [4.78, 5) is 20.9. The first-order valence-electron chi connectivity index (χ1n) is 9.24. The first kappa shape index (κ1) is 19.1. The quantitative estimate of drug-likeness (QED) is 0.727. The zero-order valence-corrected chi connectivity index (χ0v) is 15.5. The van der Waals surface area contributed by atoms with E-state index in [4.69, 9.17) is 4.42 Å². The van der Waals surface area contributed by atoms with Crippen molar-refractivity contribution in [2.45, 2.75) is 6.54 Å². The Bertz CT molecular complexity index is 761. The zero-order chi connectivity index (χ0) is 18.9. The zero-order valence-electron chi connectivity index (χ0n) is 15.5. The van der Waals surface area contributed by atoms with Crippen LogP contribution in [0.5, 0.6) is 0 Å². The number of hydrogen-bond acceptors (Lipinski definition) is 5. The predicted octanol–water partition coefficient (Wildman–Crippen LogP) is 2.42. The van der Waals surface area contributed by atoms with Gasteiger partial charge < -0.3 is 9.73 Å². The molecule has 1 aromatic heterocycles. The average molecular weight is 366 g/mol. The summed E-state index contributed by atoms with van der Waals surface area (Å²) in [6, 6.07) is 10.3. The number of nitrogens with zero attached hydrogens (tertiary/aromatic N) is 3. The summed E-state index contributed by atoms with van der Waals surface area (Å²) >= 11 is 0. The first-order valence-corrected chi connectivity index (χ1v) is 9.24. The molecular weight excluding hydrogens is 340 g/mol. The molecule has 1 amide bonds. The van der Waals surface area contributed by atoms with Gasteiger partial charge in [-0.1, -0.05) is 48.6 Å². The van der Waals surface area contributed by atoms with E-state index in [-0.39, 0.29) is 5.91 Å². The number of nitrogens with one attached hydrogen (secondary N) is 1. The van der Waals surface area contributed by atoms with Crippen molar-refractivity contribution < 1.29 is 9.21 Å². The van der Waals surface area contributed by atoms with Gasteiger partial charge >= 0.3 is 0 Å². The number of benzene rings is 1. The fourth-order valence-corrected chi connectivity index (χ4v) is 2.97. The third-order valence-corrected chi connectivity index (χ3v) is 4.49. The number of amides is 1. The molecule has 2 aromatic rings. The van der Waals surface area contributed by atoms with Gasteiger partial charge in [-0.25, -0.2) is 4.98 Å². The maximum Gasteiger partial charge on any atom is 0.273 e. The number of oxazole rings is 1. The third-order valence-electron chi connectivity index (χ3n) is 4.49. The molecule has 0 unspecified atom stereocenters. The normalized spacial score (nSPS) is 15.9. The lowest BCUT2D eigenvalue weighted by Gasteiger charge is -2.33. The fourth-order valence-electron chi connectivity index (χ4n) is 2.97. The van der Waals surface area contributed by atoms with E-state index in [1.807, 2.05) is 6.07 Å². The molecular formula is C21H26N4O2. The molecule has 1 aliphatic heterocycles. The molecule has 1 fully saturated rings. The van der Waals surface area contributed by atoms with E-state index in [1.165, 1.54) is 11.8 Å². The molecule has 6 heteroatoms. The Labute approximate surface area is 160 Å². The first-order chi connectivity index (χ1) is 13.2. The van der Waals surface area contributed by atoms with Gasteiger partial charge in [0.1, 0.15) is 6.26 Å². The van der Waals surface area contributed by atoms with E-state index in [9.17, 15) is 4.79 Å². The highest BCUT2D eigenvalue weighted by Gasteiger charge is 2.19. The van der Waals surface area contributed by atoms with Crippen LogP contribution in [0.2, 0.25) is 0 Å². The van der Waals surface area contributed by atoms with Crippen LogP contribution < -0.4 is 5.32 Å². The molecule has 1 saturated heterocycles. The van der Waals surface area contributed by atoms with Gasteiger partial charge in [0.2, 0.25) is 5.89 Å². The Balaban J connectivity index is 1.40. The van der Waals surface area contributed by atoms with Crippen LogP contribution in [0.1, 0.15) is 21.9 Å². The van der Waals surface area contributed by atoms with Crippen molar-refractivity contribution in [2.24, 2.45) is 0 Å². The van der Waals surface area contributed by atoms with Crippen LogP contribution in [0.3, 0.4) is 0 Å². The number of carbonyl (C=O) groups is 1. The molecule has 3 rings (SSSR count). The van der Waals surface area contributed by atoms with Gasteiger partial charge in [-0.05, 0) is 5.56 Å². The van der Waals surface area contributed by atoms with Crippen LogP contribution in [0.25, 0.3) is 6.08 Å². The number of carbonyl (C=O) groups excluding carboxylic acids is 1. The van der Waals surface area contributed by atoms with Gasteiger partial charge in [-0.15, -0.1) is 6.58 Å². The molecule has 6 nitrogen and oxygen atoms in total. The minimum atomic E-state index is -0.236. The Morgan fingerprint density at radius 1 is 1.19 bits per heavy atom. The van der Waals surface area contributed by atoms with E-state index in [0.29, 0.717) is 24.7 Å². The number of aromatic nitrogens is 1. The van der Waals surface area contributed by atoms with E-state index < -0.39 is 0 Å². The van der Waals surface area contributed by atoms with Crippen LogP contribution in [0.15, 0.2) is 59.7 Å². The van der Waals surface area contributed by atoms with Crippen LogP contribution in [-0.2, 0) is 6.54 Å². The van der Waals surface area contributed by atoms with Crippen LogP contribution >= 0.6 is 0 Å². The largest absolute Gasteiger partial charge is 0.447 e. The molecule has 0 saturated carbocycles. The smallest absolute Gasteiger partial charge is 0.273 e. The molecule has 1 aliphatic rings. The summed E-state index contributed by atoms with van der Waals surface area (Å²) in [5.74, 6) is 0.344. The number of piperazine rings is 1. The summed E-state index contributed by atoms with van der Waals surface area (Å²) in [6.45, 7) is 9.50. The van der Waals surface area contributed by atoms with Gasteiger partial charge in [0, 0.05) is 39.3 Å². The van der Waals surface area contributed by atoms with Gasteiger partial charge in [0.05, 0.1) is 6.54 Å². The molecule has 2 heterocycles. The number of rotatable bonds is 8. The monoisotopic (exact) mass is 366 g/mol. The second kappa shape index (κ2) is 9.85. The molecule has 1 aromatic carbocycles. The minimum absolute atomic E-state index is 0.236. The third kappa shape index (κ3) is 5.91. The van der Waals surface area contributed by atoms with E-state index >= 15 is 0 Å². The highest BCUT2D eigenvalue weighted by molar-refractivity contribution is 5.91. The molecule has 0 bridgehead atoms. The van der Waals surface area contributed by atoms with Crippen molar-refractivity contribution in [2.75, 3.05) is 39.3 Å². The van der Waals surface area contributed by atoms with Crippen LogP contribution in [0.4, 0.5) is 0 Å². The van der Waals surface area contributed by atoms with E-state index in [0.717, 1.165) is 32.7 Å². The Kier molecular flexibility index (Phi) is 6.96. The predicted molar refractivity (Wildman–Crippen MR) is 106 cm³/mol. The molecule has 0 aliphatic carbocycles. The van der Waals surface area contributed by atoms with Crippen LogP contribution in [-0.4, -0.2) is 60.0 Å². The highest BCUT2D eigenvalue weighted by Crippen LogP contribution is 2.10. The second-order valence-corrected chi connectivity index (χ2v) is 6.51. The summed E-state index contributed by atoms with van der Waals surface area (Å²) in [7, 11) is 0. The summed E-state index contributed by atoms with van der Waals surface area (Å²) < 4.78 is 5.45. The summed E-state index contributed by atoms with van der Waals surface area (Å²) in [5, 5.41) is 2.70. The van der Waals surface area contributed by atoms with Crippen molar-refractivity contribution in [3.63, 3.8) is 0 Å².